The second kappa shape index (κ2) is 7.01. The molecule has 3 heterocycles. The van der Waals surface area contributed by atoms with Crippen molar-refractivity contribution in [3.05, 3.63) is 35.4 Å². The average molecular weight is 335 g/mol. The lowest BCUT2D eigenvalue weighted by atomic mass is 9.96. The maximum atomic E-state index is 8.86. The predicted molar refractivity (Wildman–Crippen MR) is 94.5 cm³/mol. The number of aryl methyl sites for hydroxylation is 1. The van der Waals surface area contributed by atoms with E-state index in [9.17, 15) is 0 Å². The molecule has 128 valence electrons. The zero-order chi connectivity index (χ0) is 17.1. The van der Waals surface area contributed by atoms with Gasteiger partial charge >= 0.3 is 0 Å². The van der Waals surface area contributed by atoms with E-state index in [2.05, 4.69) is 30.0 Å². The summed E-state index contributed by atoms with van der Waals surface area (Å²) < 4.78 is 0. The van der Waals surface area contributed by atoms with Crippen molar-refractivity contribution in [2.45, 2.75) is 32.1 Å². The number of rotatable bonds is 2. The molecule has 0 amide bonds. The van der Waals surface area contributed by atoms with Gasteiger partial charge in [-0.05, 0) is 44.2 Å². The molecule has 1 aliphatic heterocycles. The lowest BCUT2D eigenvalue weighted by molar-refractivity contribution is 0.654. The standard InChI is InChI=1S/C18H21N7/c19-12-14-6-7-17(23-22-14)24-8-3-9-25(11-10-24)18-15-4-1-2-5-16(15)20-13-21-18/h6-7,13H,1-5,8-11H2. The zero-order valence-corrected chi connectivity index (χ0v) is 14.2. The van der Waals surface area contributed by atoms with Crippen LogP contribution in [0.15, 0.2) is 18.5 Å². The molecule has 1 aliphatic carbocycles. The van der Waals surface area contributed by atoms with Gasteiger partial charge in [-0.1, -0.05) is 0 Å². The second-order valence-corrected chi connectivity index (χ2v) is 6.55. The number of hydrogen-bond donors (Lipinski definition) is 0. The minimum atomic E-state index is 0.354. The van der Waals surface area contributed by atoms with E-state index in [0.717, 1.165) is 57.1 Å². The first-order valence-corrected chi connectivity index (χ1v) is 8.91. The lowest BCUT2D eigenvalue weighted by Gasteiger charge is -2.27. The smallest absolute Gasteiger partial charge is 0.163 e. The van der Waals surface area contributed by atoms with E-state index < -0.39 is 0 Å². The van der Waals surface area contributed by atoms with Gasteiger partial charge in [-0.15, -0.1) is 10.2 Å². The van der Waals surface area contributed by atoms with Crippen LogP contribution in [-0.4, -0.2) is 46.3 Å². The summed E-state index contributed by atoms with van der Waals surface area (Å²) in [5.41, 5.74) is 2.93. The van der Waals surface area contributed by atoms with Crippen molar-refractivity contribution in [1.29, 1.82) is 5.26 Å². The molecule has 0 aromatic carbocycles. The molecule has 0 spiro atoms. The summed E-state index contributed by atoms with van der Waals surface area (Å²) in [4.78, 5) is 13.7. The second-order valence-electron chi connectivity index (χ2n) is 6.55. The first-order valence-electron chi connectivity index (χ1n) is 8.91. The predicted octanol–water partition coefficient (Wildman–Crippen LogP) is 1.73. The van der Waals surface area contributed by atoms with E-state index in [0.29, 0.717) is 5.69 Å². The Balaban J connectivity index is 1.51. The van der Waals surface area contributed by atoms with Crippen LogP contribution in [0.25, 0.3) is 0 Å². The van der Waals surface area contributed by atoms with Crippen LogP contribution in [0.2, 0.25) is 0 Å². The van der Waals surface area contributed by atoms with Crippen LogP contribution in [0.4, 0.5) is 11.6 Å². The molecular weight excluding hydrogens is 314 g/mol. The number of hydrogen-bond acceptors (Lipinski definition) is 7. The Kier molecular flexibility index (Phi) is 4.42. The van der Waals surface area contributed by atoms with Crippen molar-refractivity contribution < 1.29 is 0 Å². The first kappa shape index (κ1) is 15.8. The van der Waals surface area contributed by atoms with Gasteiger partial charge in [0.15, 0.2) is 11.5 Å². The summed E-state index contributed by atoms with van der Waals surface area (Å²) in [6, 6.07) is 5.62. The molecule has 4 rings (SSSR count). The van der Waals surface area contributed by atoms with Gasteiger partial charge in [-0.25, -0.2) is 9.97 Å². The van der Waals surface area contributed by atoms with Crippen LogP contribution in [-0.2, 0) is 12.8 Å². The largest absolute Gasteiger partial charge is 0.354 e. The van der Waals surface area contributed by atoms with Crippen LogP contribution in [0, 0.1) is 11.3 Å². The van der Waals surface area contributed by atoms with Crippen LogP contribution < -0.4 is 9.80 Å². The fraction of sp³-hybridized carbons (Fsp3) is 0.500. The molecule has 2 aliphatic rings. The number of nitriles is 1. The highest BCUT2D eigenvalue weighted by Crippen LogP contribution is 2.28. The summed E-state index contributed by atoms with van der Waals surface area (Å²) in [5.74, 6) is 1.96. The molecule has 2 aromatic heterocycles. The van der Waals surface area contributed by atoms with E-state index in [4.69, 9.17) is 5.26 Å². The summed E-state index contributed by atoms with van der Waals surface area (Å²) in [6.45, 7) is 3.71. The van der Waals surface area contributed by atoms with Gasteiger partial charge < -0.3 is 9.80 Å². The van der Waals surface area contributed by atoms with Gasteiger partial charge in [-0.3, -0.25) is 0 Å². The summed E-state index contributed by atoms with van der Waals surface area (Å²) >= 11 is 0. The normalized spacial score (nSPS) is 17.6. The summed E-state index contributed by atoms with van der Waals surface area (Å²) in [6.07, 6.45) is 7.38. The third kappa shape index (κ3) is 3.25. The number of nitrogens with zero attached hydrogens (tertiary/aromatic N) is 7. The van der Waals surface area contributed by atoms with Crippen LogP contribution in [0.1, 0.15) is 36.2 Å². The Morgan fingerprint density at radius 1 is 0.880 bits per heavy atom. The van der Waals surface area contributed by atoms with Gasteiger partial charge in [-0.2, -0.15) is 5.26 Å². The van der Waals surface area contributed by atoms with Crippen molar-refractivity contribution in [2.75, 3.05) is 36.0 Å². The molecule has 0 N–H and O–H groups in total. The molecular formula is C18H21N7. The Morgan fingerprint density at radius 2 is 1.72 bits per heavy atom. The maximum Gasteiger partial charge on any atom is 0.163 e. The number of aromatic nitrogens is 4. The first-order chi connectivity index (χ1) is 12.3. The van der Waals surface area contributed by atoms with E-state index in [1.165, 1.54) is 24.1 Å². The molecule has 25 heavy (non-hydrogen) atoms. The van der Waals surface area contributed by atoms with Crippen molar-refractivity contribution in [2.24, 2.45) is 0 Å². The number of anilines is 2. The molecule has 2 aromatic rings. The van der Waals surface area contributed by atoms with E-state index in [-0.39, 0.29) is 0 Å². The van der Waals surface area contributed by atoms with Gasteiger partial charge in [0.05, 0.1) is 0 Å². The maximum absolute atomic E-state index is 8.86. The third-order valence-electron chi connectivity index (χ3n) is 4.99. The minimum absolute atomic E-state index is 0.354. The molecule has 0 bridgehead atoms. The van der Waals surface area contributed by atoms with Gasteiger partial charge in [0.1, 0.15) is 18.2 Å². The van der Waals surface area contributed by atoms with Gasteiger partial charge in [0.2, 0.25) is 0 Å². The zero-order valence-electron chi connectivity index (χ0n) is 14.2. The van der Waals surface area contributed by atoms with Crippen LogP contribution >= 0.6 is 0 Å². The highest BCUT2D eigenvalue weighted by Gasteiger charge is 2.22. The van der Waals surface area contributed by atoms with Crippen molar-refractivity contribution in [3.8, 4) is 6.07 Å². The minimum Gasteiger partial charge on any atom is -0.354 e. The average Bonchev–Trinajstić information content (AvgIpc) is 2.94. The topological polar surface area (TPSA) is 81.8 Å². The molecule has 0 saturated carbocycles. The molecule has 7 nitrogen and oxygen atoms in total. The summed E-state index contributed by atoms with van der Waals surface area (Å²) in [7, 11) is 0. The van der Waals surface area contributed by atoms with Crippen molar-refractivity contribution in [1.82, 2.24) is 20.2 Å². The molecule has 7 heteroatoms. The molecule has 1 fully saturated rings. The van der Waals surface area contributed by atoms with E-state index in [1.54, 1.807) is 12.4 Å². The van der Waals surface area contributed by atoms with Gasteiger partial charge in [0, 0.05) is 37.4 Å². The van der Waals surface area contributed by atoms with Crippen molar-refractivity contribution in [3.63, 3.8) is 0 Å². The monoisotopic (exact) mass is 335 g/mol. The summed E-state index contributed by atoms with van der Waals surface area (Å²) in [5, 5.41) is 17.0. The highest BCUT2D eigenvalue weighted by atomic mass is 15.3. The molecule has 1 saturated heterocycles. The fourth-order valence-corrected chi connectivity index (χ4v) is 3.69. The molecule has 0 unspecified atom stereocenters. The Morgan fingerprint density at radius 3 is 2.56 bits per heavy atom. The fourth-order valence-electron chi connectivity index (χ4n) is 3.69. The Labute approximate surface area is 147 Å². The van der Waals surface area contributed by atoms with E-state index in [1.807, 2.05) is 12.1 Å². The van der Waals surface area contributed by atoms with Gasteiger partial charge in [0.25, 0.3) is 0 Å². The van der Waals surface area contributed by atoms with E-state index >= 15 is 0 Å². The third-order valence-corrected chi connectivity index (χ3v) is 4.99. The van der Waals surface area contributed by atoms with Crippen molar-refractivity contribution >= 4 is 11.6 Å². The highest BCUT2D eigenvalue weighted by molar-refractivity contribution is 5.50. The quantitative estimate of drug-likeness (QED) is 0.826. The lowest BCUT2D eigenvalue weighted by Crippen LogP contribution is -2.32. The Bertz CT molecular complexity index is 781. The molecule has 0 atom stereocenters. The number of fused-ring (bicyclic) bond motifs is 1. The van der Waals surface area contributed by atoms with Crippen LogP contribution in [0.5, 0.6) is 0 Å². The molecule has 0 radical (unpaired) electrons. The van der Waals surface area contributed by atoms with Crippen LogP contribution in [0.3, 0.4) is 0 Å². The Hall–Kier alpha value is -2.75. The SMILES string of the molecule is N#Cc1ccc(N2CCCN(c3ncnc4c3CCCC4)CC2)nn1.